The minimum atomic E-state index is -0.826. The van der Waals surface area contributed by atoms with Crippen LogP contribution in [0.3, 0.4) is 0 Å². The lowest BCUT2D eigenvalue weighted by Gasteiger charge is -2.34. The Morgan fingerprint density at radius 3 is 2.38 bits per heavy atom. The van der Waals surface area contributed by atoms with Crippen LogP contribution in [0.5, 0.6) is 0 Å². The summed E-state index contributed by atoms with van der Waals surface area (Å²) in [5.74, 6) is -1.59. The fourth-order valence-electron chi connectivity index (χ4n) is 3.01. The van der Waals surface area contributed by atoms with Gasteiger partial charge in [-0.3, -0.25) is 9.69 Å². The number of rotatable bonds is 3. The molecule has 0 saturated carbocycles. The fourth-order valence-corrected chi connectivity index (χ4v) is 3.01. The summed E-state index contributed by atoms with van der Waals surface area (Å²) < 4.78 is 28.2. The van der Waals surface area contributed by atoms with Crippen LogP contribution < -0.4 is 0 Å². The molecule has 2 aromatic rings. The Labute approximate surface area is 140 Å². The zero-order chi connectivity index (χ0) is 17.3. The molecule has 1 aliphatic rings. The van der Waals surface area contributed by atoms with Gasteiger partial charge in [-0.1, -0.05) is 6.07 Å². The molecule has 0 spiro atoms. The topological polar surface area (TPSA) is 28.5 Å². The van der Waals surface area contributed by atoms with Crippen LogP contribution in [-0.4, -0.2) is 46.5 Å². The molecular formula is C18H21F2N3O. The second kappa shape index (κ2) is 6.73. The molecule has 1 aromatic heterocycles. The zero-order valence-corrected chi connectivity index (χ0v) is 13.9. The Kier molecular flexibility index (Phi) is 4.66. The molecule has 0 radical (unpaired) electrons. The average Bonchev–Trinajstić information content (AvgIpc) is 2.90. The van der Waals surface area contributed by atoms with Gasteiger partial charge in [0, 0.05) is 51.7 Å². The zero-order valence-electron chi connectivity index (χ0n) is 13.9. The van der Waals surface area contributed by atoms with E-state index in [9.17, 15) is 13.6 Å². The first-order valence-corrected chi connectivity index (χ1v) is 8.03. The predicted octanol–water partition coefficient (Wildman–Crippen LogP) is 2.57. The van der Waals surface area contributed by atoms with Gasteiger partial charge in [-0.25, -0.2) is 8.78 Å². The number of nitrogens with zero attached hydrogens (tertiary/aromatic N) is 3. The van der Waals surface area contributed by atoms with Crippen LogP contribution in [0.15, 0.2) is 30.5 Å². The maximum atomic E-state index is 13.3. The minimum Gasteiger partial charge on any atom is -0.354 e. The Hall–Kier alpha value is -2.21. The van der Waals surface area contributed by atoms with Crippen molar-refractivity contribution in [2.45, 2.75) is 13.5 Å². The molecule has 1 amide bonds. The Morgan fingerprint density at radius 1 is 1.08 bits per heavy atom. The van der Waals surface area contributed by atoms with E-state index in [0.717, 1.165) is 36.0 Å². The van der Waals surface area contributed by atoms with Gasteiger partial charge in [0.05, 0.1) is 5.56 Å². The van der Waals surface area contributed by atoms with Crippen molar-refractivity contribution in [3.05, 3.63) is 58.9 Å². The van der Waals surface area contributed by atoms with Crippen molar-refractivity contribution >= 4 is 5.91 Å². The summed E-state index contributed by atoms with van der Waals surface area (Å²) in [5.41, 5.74) is 2.45. The first-order chi connectivity index (χ1) is 11.5. The van der Waals surface area contributed by atoms with Crippen LogP contribution in [-0.2, 0) is 13.6 Å². The Morgan fingerprint density at radius 2 is 1.79 bits per heavy atom. The van der Waals surface area contributed by atoms with Crippen molar-refractivity contribution in [3.8, 4) is 0 Å². The van der Waals surface area contributed by atoms with Gasteiger partial charge in [-0.15, -0.1) is 0 Å². The summed E-state index contributed by atoms with van der Waals surface area (Å²) in [7, 11) is 1.92. The van der Waals surface area contributed by atoms with Crippen LogP contribution >= 0.6 is 0 Å². The van der Waals surface area contributed by atoms with Crippen molar-refractivity contribution in [1.82, 2.24) is 14.4 Å². The van der Waals surface area contributed by atoms with Crippen molar-refractivity contribution in [2.75, 3.05) is 26.2 Å². The van der Waals surface area contributed by atoms with Crippen molar-refractivity contribution in [1.29, 1.82) is 0 Å². The van der Waals surface area contributed by atoms with E-state index >= 15 is 0 Å². The second-order valence-electron chi connectivity index (χ2n) is 6.24. The molecule has 0 aliphatic carbocycles. The number of carbonyl (C=O) groups is 1. The SMILES string of the molecule is Cc1c(C(=O)N2CCN(Cc3ccc(F)c(F)c3)CC2)ccn1C. The van der Waals surface area contributed by atoms with Crippen LogP contribution in [0.1, 0.15) is 21.6 Å². The predicted molar refractivity (Wildman–Crippen MR) is 87.7 cm³/mol. The molecule has 0 unspecified atom stereocenters. The van der Waals surface area contributed by atoms with E-state index in [1.54, 1.807) is 6.07 Å². The van der Waals surface area contributed by atoms with E-state index in [1.807, 2.05) is 35.7 Å². The molecule has 0 N–H and O–H groups in total. The largest absolute Gasteiger partial charge is 0.354 e. The molecule has 4 nitrogen and oxygen atoms in total. The number of benzene rings is 1. The summed E-state index contributed by atoms with van der Waals surface area (Å²) in [5, 5.41) is 0. The number of aryl methyl sites for hydroxylation is 1. The quantitative estimate of drug-likeness (QED) is 0.864. The number of amides is 1. The number of piperazine rings is 1. The van der Waals surface area contributed by atoms with E-state index in [0.29, 0.717) is 19.6 Å². The molecule has 1 aliphatic heterocycles. The van der Waals surface area contributed by atoms with Crippen LogP contribution in [0.25, 0.3) is 0 Å². The summed E-state index contributed by atoms with van der Waals surface area (Å²) >= 11 is 0. The number of aromatic nitrogens is 1. The molecule has 0 atom stereocenters. The summed E-state index contributed by atoms with van der Waals surface area (Å²) in [6.45, 7) is 5.21. The molecule has 1 saturated heterocycles. The molecule has 0 bridgehead atoms. The highest BCUT2D eigenvalue weighted by Crippen LogP contribution is 2.16. The van der Waals surface area contributed by atoms with Gasteiger partial charge in [0.15, 0.2) is 11.6 Å². The van der Waals surface area contributed by atoms with Gasteiger partial charge in [0.1, 0.15) is 0 Å². The third-order valence-corrected chi connectivity index (χ3v) is 4.66. The van der Waals surface area contributed by atoms with Crippen LogP contribution in [0.2, 0.25) is 0 Å². The minimum absolute atomic E-state index is 0.0561. The Bertz CT molecular complexity index is 749. The Balaban J connectivity index is 1.58. The monoisotopic (exact) mass is 333 g/mol. The number of hydrogen-bond acceptors (Lipinski definition) is 2. The normalized spacial score (nSPS) is 15.8. The van der Waals surface area contributed by atoms with Gasteiger partial charge < -0.3 is 9.47 Å². The third kappa shape index (κ3) is 3.33. The van der Waals surface area contributed by atoms with Gasteiger partial charge in [-0.2, -0.15) is 0 Å². The van der Waals surface area contributed by atoms with Crippen molar-refractivity contribution in [3.63, 3.8) is 0 Å². The molecule has 1 fully saturated rings. The standard InChI is InChI=1S/C18H21F2N3O/c1-13-15(5-6-21(13)2)18(24)23-9-7-22(8-10-23)12-14-3-4-16(19)17(20)11-14/h3-6,11H,7-10,12H2,1-2H3. The van der Waals surface area contributed by atoms with Crippen LogP contribution in [0, 0.1) is 18.6 Å². The lowest BCUT2D eigenvalue weighted by molar-refractivity contribution is 0.0627. The third-order valence-electron chi connectivity index (χ3n) is 4.66. The molecule has 24 heavy (non-hydrogen) atoms. The smallest absolute Gasteiger partial charge is 0.255 e. The molecular weight excluding hydrogens is 312 g/mol. The number of halogens is 2. The molecule has 2 heterocycles. The molecule has 6 heteroatoms. The fraction of sp³-hybridized carbons (Fsp3) is 0.389. The molecule has 128 valence electrons. The van der Waals surface area contributed by atoms with E-state index in [2.05, 4.69) is 4.90 Å². The maximum absolute atomic E-state index is 13.3. The molecule has 1 aromatic carbocycles. The highest BCUT2D eigenvalue weighted by Gasteiger charge is 2.24. The first kappa shape index (κ1) is 16.6. The lowest BCUT2D eigenvalue weighted by atomic mass is 10.1. The highest BCUT2D eigenvalue weighted by molar-refractivity contribution is 5.95. The van der Waals surface area contributed by atoms with Gasteiger partial charge in [0.25, 0.3) is 5.91 Å². The van der Waals surface area contributed by atoms with Gasteiger partial charge >= 0.3 is 0 Å². The summed E-state index contributed by atoms with van der Waals surface area (Å²) in [6.07, 6.45) is 1.89. The number of hydrogen-bond donors (Lipinski definition) is 0. The summed E-state index contributed by atoms with van der Waals surface area (Å²) in [6, 6.07) is 5.84. The lowest BCUT2D eigenvalue weighted by Crippen LogP contribution is -2.48. The average molecular weight is 333 g/mol. The van der Waals surface area contributed by atoms with E-state index in [-0.39, 0.29) is 5.91 Å². The van der Waals surface area contributed by atoms with E-state index in [4.69, 9.17) is 0 Å². The maximum Gasteiger partial charge on any atom is 0.255 e. The second-order valence-corrected chi connectivity index (χ2v) is 6.24. The van der Waals surface area contributed by atoms with E-state index < -0.39 is 11.6 Å². The van der Waals surface area contributed by atoms with Crippen molar-refractivity contribution < 1.29 is 13.6 Å². The van der Waals surface area contributed by atoms with Gasteiger partial charge in [0.2, 0.25) is 0 Å². The molecule has 3 rings (SSSR count). The van der Waals surface area contributed by atoms with E-state index in [1.165, 1.54) is 6.07 Å². The first-order valence-electron chi connectivity index (χ1n) is 8.03. The highest BCUT2D eigenvalue weighted by atomic mass is 19.2. The van der Waals surface area contributed by atoms with Gasteiger partial charge in [-0.05, 0) is 30.7 Å². The van der Waals surface area contributed by atoms with Crippen molar-refractivity contribution in [2.24, 2.45) is 7.05 Å². The summed E-state index contributed by atoms with van der Waals surface area (Å²) in [4.78, 5) is 16.6. The number of carbonyl (C=O) groups excluding carboxylic acids is 1. The van der Waals surface area contributed by atoms with Crippen LogP contribution in [0.4, 0.5) is 8.78 Å².